The summed E-state index contributed by atoms with van der Waals surface area (Å²) in [5.74, 6) is 0. The van der Waals surface area contributed by atoms with Crippen molar-refractivity contribution in [3.63, 3.8) is 0 Å². The molecule has 0 amide bonds. The number of hydrogen-bond acceptors (Lipinski definition) is 2. The highest BCUT2D eigenvalue weighted by Crippen LogP contribution is 2.15. The lowest BCUT2D eigenvalue weighted by molar-refractivity contribution is 0.405. The highest BCUT2D eigenvalue weighted by atomic mass is 15.1. The van der Waals surface area contributed by atoms with E-state index in [1.165, 1.54) is 5.57 Å². The molecule has 2 nitrogen and oxygen atoms in total. The largest absolute Gasteiger partial charge is 0.308 e. The molecule has 0 saturated carbocycles. The molecule has 12 heavy (non-hydrogen) atoms. The van der Waals surface area contributed by atoms with Crippen LogP contribution < -0.4 is 10.6 Å². The molecule has 0 bridgehead atoms. The van der Waals surface area contributed by atoms with Crippen LogP contribution >= 0.6 is 0 Å². The predicted octanol–water partition coefficient (Wildman–Crippen LogP) is 0.823. The first-order valence-corrected chi connectivity index (χ1v) is 4.76. The van der Waals surface area contributed by atoms with Crippen LogP contribution in [0.3, 0.4) is 0 Å². The molecule has 1 fully saturated rings. The van der Waals surface area contributed by atoms with Gasteiger partial charge in [0.05, 0.1) is 0 Å². The minimum atomic E-state index is 0.522. The van der Waals surface area contributed by atoms with Gasteiger partial charge in [-0.25, -0.2) is 0 Å². The van der Waals surface area contributed by atoms with Crippen molar-refractivity contribution < 1.29 is 0 Å². The second-order valence-electron chi connectivity index (χ2n) is 3.41. The van der Waals surface area contributed by atoms with Gasteiger partial charge in [-0.1, -0.05) is 30.7 Å². The second-order valence-corrected chi connectivity index (χ2v) is 3.41. The van der Waals surface area contributed by atoms with E-state index < -0.39 is 0 Å². The normalized spacial score (nSPS) is 34.2. The topological polar surface area (TPSA) is 24.1 Å². The van der Waals surface area contributed by atoms with Crippen LogP contribution in [-0.4, -0.2) is 25.2 Å². The first kappa shape index (κ1) is 8.02. The molecule has 2 aliphatic rings. The molecule has 0 radical (unpaired) electrons. The number of hydrogen-bond donors (Lipinski definition) is 2. The van der Waals surface area contributed by atoms with Crippen LogP contribution in [0.5, 0.6) is 0 Å². The fourth-order valence-corrected chi connectivity index (χ4v) is 1.83. The van der Waals surface area contributed by atoms with Crippen molar-refractivity contribution in [2.45, 2.75) is 25.4 Å². The lowest BCUT2D eigenvalue weighted by atomic mass is 9.95. The first-order valence-electron chi connectivity index (χ1n) is 4.76. The van der Waals surface area contributed by atoms with Gasteiger partial charge in [0.1, 0.15) is 0 Å². The molecule has 0 spiro atoms. The standard InChI is InChI=1S/C10H16N2/c1-2-8-3-4-9-10(7-8)12-6-5-11-9/h3-4,7,9-12H,2,5-6H2,1H3. The second kappa shape index (κ2) is 3.42. The summed E-state index contributed by atoms with van der Waals surface area (Å²) < 4.78 is 0. The minimum Gasteiger partial charge on any atom is -0.308 e. The average Bonchev–Trinajstić information content (AvgIpc) is 2.17. The zero-order chi connectivity index (χ0) is 8.39. The fourth-order valence-electron chi connectivity index (χ4n) is 1.83. The van der Waals surface area contributed by atoms with Gasteiger partial charge < -0.3 is 10.6 Å². The number of allylic oxidation sites excluding steroid dienone is 2. The molecule has 1 aliphatic heterocycles. The monoisotopic (exact) mass is 164 g/mol. The van der Waals surface area contributed by atoms with E-state index in [9.17, 15) is 0 Å². The van der Waals surface area contributed by atoms with Crippen LogP contribution in [0.25, 0.3) is 0 Å². The Hall–Kier alpha value is -0.600. The zero-order valence-corrected chi connectivity index (χ0v) is 7.51. The Morgan fingerprint density at radius 2 is 2.08 bits per heavy atom. The fraction of sp³-hybridized carbons (Fsp3) is 0.600. The highest BCUT2D eigenvalue weighted by Gasteiger charge is 2.22. The van der Waals surface area contributed by atoms with Crippen LogP contribution in [0.15, 0.2) is 23.8 Å². The van der Waals surface area contributed by atoms with E-state index >= 15 is 0 Å². The number of nitrogens with one attached hydrogen (secondary N) is 2. The minimum absolute atomic E-state index is 0.522. The number of fused-ring (bicyclic) bond motifs is 1. The lowest BCUT2D eigenvalue weighted by Crippen LogP contribution is -2.54. The predicted molar refractivity (Wildman–Crippen MR) is 51.1 cm³/mol. The van der Waals surface area contributed by atoms with Crippen molar-refractivity contribution >= 4 is 0 Å². The summed E-state index contributed by atoms with van der Waals surface area (Å²) in [6.45, 7) is 4.37. The van der Waals surface area contributed by atoms with E-state index in [4.69, 9.17) is 0 Å². The van der Waals surface area contributed by atoms with Crippen LogP contribution in [0.2, 0.25) is 0 Å². The van der Waals surface area contributed by atoms with E-state index in [2.05, 4.69) is 35.8 Å². The van der Waals surface area contributed by atoms with E-state index in [1.807, 2.05) is 0 Å². The molecule has 1 aliphatic carbocycles. The van der Waals surface area contributed by atoms with Crippen LogP contribution in [0.1, 0.15) is 13.3 Å². The third kappa shape index (κ3) is 1.45. The van der Waals surface area contributed by atoms with E-state index in [1.54, 1.807) is 0 Å². The van der Waals surface area contributed by atoms with Gasteiger partial charge in [-0.15, -0.1) is 0 Å². The van der Waals surface area contributed by atoms with Gasteiger partial charge >= 0.3 is 0 Å². The molecule has 1 saturated heterocycles. The molecular formula is C10H16N2. The van der Waals surface area contributed by atoms with Gasteiger partial charge in [-0.2, -0.15) is 0 Å². The third-order valence-electron chi connectivity index (χ3n) is 2.59. The maximum Gasteiger partial charge on any atom is 0.0448 e. The summed E-state index contributed by atoms with van der Waals surface area (Å²) >= 11 is 0. The van der Waals surface area contributed by atoms with E-state index in [0.717, 1.165) is 19.5 Å². The average molecular weight is 164 g/mol. The SMILES string of the molecule is CCC1=CC2NCCNC2C=C1. The molecule has 1 heterocycles. The molecule has 2 N–H and O–H groups in total. The Morgan fingerprint density at radius 1 is 1.33 bits per heavy atom. The Kier molecular flexibility index (Phi) is 2.28. The Balaban J connectivity index is 2.09. The molecule has 0 aromatic heterocycles. The summed E-state index contributed by atoms with van der Waals surface area (Å²) in [4.78, 5) is 0. The maximum absolute atomic E-state index is 3.50. The summed E-state index contributed by atoms with van der Waals surface area (Å²) in [6, 6.07) is 1.05. The number of piperazine rings is 1. The van der Waals surface area contributed by atoms with Crippen molar-refractivity contribution in [2.75, 3.05) is 13.1 Å². The molecule has 2 atom stereocenters. The molecule has 2 unspecified atom stereocenters. The van der Waals surface area contributed by atoms with E-state index in [-0.39, 0.29) is 0 Å². The Bertz CT molecular complexity index is 218. The van der Waals surface area contributed by atoms with Gasteiger partial charge in [-0.05, 0) is 6.42 Å². The molecule has 2 rings (SSSR count). The maximum atomic E-state index is 3.50. The lowest BCUT2D eigenvalue weighted by Gasteiger charge is -2.32. The summed E-state index contributed by atoms with van der Waals surface area (Å²) in [5.41, 5.74) is 1.45. The van der Waals surface area contributed by atoms with Crippen molar-refractivity contribution in [3.05, 3.63) is 23.8 Å². The quantitative estimate of drug-likeness (QED) is 0.599. The molecular weight excluding hydrogens is 148 g/mol. The van der Waals surface area contributed by atoms with Gasteiger partial charge in [-0.3, -0.25) is 0 Å². The third-order valence-corrected chi connectivity index (χ3v) is 2.59. The smallest absolute Gasteiger partial charge is 0.0448 e. The molecule has 0 aromatic rings. The molecule has 2 heteroatoms. The zero-order valence-electron chi connectivity index (χ0n) is 7.51. The van der Waals surface area contributed by atoms with Crippen LogP contribution in [0.4, 0.5) is 0 Å². The summed E-state index contributed by atoms with van der Waals surface area (Å²) in [5, 5.41) is 6.97. The first-order chi connectivity index (χ1) is 5.90. The van der Waals surface area contributed by atoms with Crippen molar-refractivity contribution in [2.24, 2.45) is 0 Å². The van der Waals surface area contributed by atoms with Crippen molar-refractivity contribution in [1.82, 2.24) is 10.6 Å². The summed E-state index contributed by atoms with van der Waals surface area (Å²) in [7, 11) is 0. The Labute approximate surface area is 73.7 Å². The van der Waals surface area contributed by atoms with Gasteiger partial charge in [0, 0.05) is 25.2 Å². The Morgan fingerprint density at radius 3 is 2.83 bits per heavy atom. The molecule has 66 valence electrons. The van der Waals surface area contributed by atoms with Crippen LogP contribution in [0, 0.1) is 0 Å². The molecule has 0 aromatic carbocycles. The number of rotatable bonds is 1. The van der Waals surface area contributed by atoms with Crippen LogP contribution in [-0.2, 0) is 0 Å². The van der Waals surface area contributed by atoms with Gasteiger partial charge in [0.15, 0.2) is 0 Å². The van der Waals surface area contributed by atoms with Crippen molar-refractivity contribution in [1.29, 1.82) is 0 Å². The van der Waals surface area contributed by atoms with Gasteiger partial charge in [0.2, 0.25) is 0 Å². The summed E-state index contributed by atoms with van der Waals surface area (Å²) in [6.07, 6.45) is 8.00. The highest BCUT2D eigenvalue weighted by molar-refractivity contribution is 5.29. The van der Waals surface area contributed by atoms with Crippen molar-refractivity contribution in [3.8, 4) is 0 Å². The van der Waals surface area contributed by atoms with E-state index in [0.29, 0.717) is 12.1 Å². The van der Waals surface area contributed by atoms with Gasteiger partial charge in [0.25, 0.3) is 0 Å².